The van der Waals surface area contributed by atoms with E-state index < -0.39 is 72.8 Å². The highest BCUT2D eigenvalue weighted by Crippen LogP contribution is 2.05. The highest BCUT2D eigenvalue weighted by molar-refractivity contribution is 7.98. The largest absolute Gasteiger partial charge is 0.481 e. The molecular weight excluding hydrogens is 450 g/mol. The first kappa shape index (κ1) is 29.1. The van der Waals surface area contributed by atoms with E-state index in [1.54, 1.807) is 6.26 Å². The summed E-state index contributed by atoms with van der Waals surface area (Å²) in [6.07, 6.45) is 0.676. The van der Waals surface area contributed by atoms with Gasteiger partial charge in [0.05, 0.1) is 19.1 Å². The van der Waals surface area contributed by atoms with Crippen LogP contribution in [0.3, 0.4) is 0 Å². The standard InChI is InChI=1S/C17H29N5O9S/c1-32-5-4-9(20-14(27)8(18)2-3-13(25)26)15(28)21-10(6-12(19)24)16(29)22-11(7-23)17(30)31/h8-11,23H,2-7,18H2,1H3,(H2,19,24)(H,20,27)(H,21,28)(H,22,29)(H,25,26)(H,30,31). The van der Waals surface area contributed by atoms with Crippen molar-refractivity contribution in [1.29, 1.82) is 0 Å². The van der Waals surface area contributed by atoms with Gasteiger partial charge in [0, 0.05) is 6.42 Å². The highest BCUT2D eigenvalue weighted by atomic mass is 32.2. The molecule has 0 aliphatic carbocycles. The number of nitrogens with one attached hydrogen (secondary N) is 3. The normalized spacial score (nSPS) is 14.3. The molecule has 0 aromatic rings. The van der Waals surface area contributed by atoms with Crippen LogP contribution in [-0.2, 0) is 28.8 Å². The molecule has 0 aliphatic heterocycles. The molecule has 0 aromatic heterocycles. The number of aliphatic hydroxyl groups is 1. The second-order valence-electron chi connectivity index (χ2n) is 6.70. The molecule has 0 aromatic carbocycles. The summed E-state index contributed by atoms with van der Waals surface area (Å²) in [5.74, 6) is -5.96. The van der Waals surface area contributed by atoms with Crippen molar-refractivity contribution in [2.75, 3.05) is 18.6 Å². The molecule has 32 heavy (non-hydrogen) atoms. The number of carboxylic acid groups (broad SMARTS) is 2. The molecule has 0 rings (SSSR count). The maximum atomic E-state index is 12.7. The second kappa shape index (κ2) is 15.0. The summed E-state index contributed by atoms with van der Waals surface area (Å²) in [6.45, 7) is -0.932. The van der Waals surface area contributed by atoms with Crippen molar-refractivity contribution in [3.8, 4) is 0 Å². The van der Waals surface area contributed by atoms with Crippen LogP contribution < -0.4 is 27.4 Å². The molecule has 0 saturated heterocycles. The summed E-state index contributed by atoms with van der Waals surface area (Å²) in [4.78, 5) is 70.2. The Labute approximate surface area is 187 Å². The molecule has 14 nitrogen and oxygen atoms in total. The predicted octanol–water partition coefficient (Wildman–Crippen LogP) is -3.66. The monoisotopic (exact) mass is 479 g/mol. The zero-order valence-corrected chi connectivity index (χ0v) is 18.2. The van der Waals surface area contributed by atoms with Gasteiger partial charge in [0.15, 0.2) is 0 Å². The van der Waals surface area contributed by atoms with E-state index in [1.807, 2.05) is 5.32 Å². The van der Waals surface area contributed by atoms with Crippen molar-refractivity contribution in [2.24, 2.45) is 11.5 Å². The Morgan fingerprint density at radius 3 is 1.88 bits per heavy atom. The molecule has 0 fully saturated rings. The first-order valence-electron chi connectivity index (χ1n) is 9.42. The number of carboxylic acids is 2. The highest BCUT2D eigenvalue weighted by Gasteiger charge is 2.31. The van der Waals surface area contributed by atoms with Gasteiger partial charge in [-0.15, -0.1) is 0 Å². The molecule has 4 atom stereocenters. The van der Waals surface area contributed by atoms with E-state index in [-0.39, 0.29) is 19.3 Å². The zero-order chi connectivity index (χ0) is 24.8. The van der Waals surface area contributed by atoms with Gasteiger partial charge in [-0.3, -0.25) is 24.0 Å². The number of carbonyl (C=O) groups excluding carboxylic acids is 4. The van der Waals surface area contributed by atoms with Crippen LogP contribution in [0.4, 0.5) is 0 Å². The number of hydrogen-bond donors (Lipinski definition) is 8. The van der Waals surface area contributed by atoms with Crippen LogP contribution in [0.1, 0.15) is 25.7 Å². The van der Waals surface area contributed by atoms with E-state index in [9.17, 15) is 28.8 Å². The van der Waals surface area contributed by atoms with E-state index in [0.29, 0.717) is 5.75 Å². The fraction of sp³-hybridized carbons (Fsp3) is 0.647. The van der Waals surface area contributed by atoms with E-state index in [0.717, 1.165) is 0 Å². The van der Waals surface area contributed by atoms with Crippen molar-refractivity contribution >= 4 is 47.3 Å². The smallest absolute Gasteiger partial charge is 0.328 e. The summed E-state index contributed by atoms with van der Waals surface area (Å²) in [7, 11) is 0. The minimum atomic E-state index is -1.67. The van der Waals surface area contributed by atoms with E-state index in [1.165, 1.54) is 11.8 Å². The number of aliphatic carboxylic acids is 2. The minimum Gasteiger partial charge on any atom is -0.481 e. The summed E-state index contributed by atoms with van der Waals surface area (Å²) < 4.78 is 0. The Balaban J connectivity index is 5.36. The van der Waals surface area contributed by atoms with Gasteiger partial charge in [-0.05, 0) is 24.9 Å². The fourth-order valence-corrected chi connectivity index (χ4v) is 2.81. The molecule has 0 heterocycles. The molecule has 15 heteroatoms. The van der Waals surface area contributed by atoms with Crippen LogP contribution >= 0.6 is 11.8 Å². The number of aliphatic hydroxyl groups excluding tert-OH is 1. The Kier molecular flexibility index (Phi) is 13.6. The van der Waals surface area contributed by atoms with Gasteiger partial charge >= 0.3 is 11.9 Å². The second-order valence-corrected chi connectivity index (χ2v) is 7.68. The average Bonchev–Trinajstić information content (AvgIpc) is 2.71. The third-order valence-electron chi connectivity index (χ3n) is 4.09. The fourth-order valence-electron chi connectivity index (χ4n) is 2.33. The van der Waals surface area contributed by atoms with Gasteiger partial charge in [0.25, 0.3) is 0 Å². The molecule has 0 bridgehead atoms. The third kappa shape index (κ3) is 11.5. The lowest BCUT2D eigenvalue weighted by atomic mass is 10.1. The number of thioether (sulfide) groups is 1. The summed E-state index contributed by atoms with van der Waals surface area (Å²) in [6, 6.07) is -5.61. The molecule has 0 radical (unpaired) electrons. The Hall–Kier alpha value is -2.91. The van der Waals surface area contributed by atoms with Gasteiger partial charge < -0.3 is 42.7 Å². The van der Waals surface area contributed by atoms with E-state index in [4.69, 9.17) is 26.8 Å². The molecule has 4 unspecified atom stereocenters. The summed E-state index contributed by atoms with van der Waals surface area (Å²) in [5, 5.41) is 33.2. The lowest BCUT2D eigenvalue weighted by Gasteiger charge is -2.24. The van der Waals surface area contributed by atoms with E-state index >= 15 is 0 Å². The van der Waals surface area contributed by atoms with Gasteiger partial charge in [0.1, 0.15) is 18.1 Å². The van der Waals surface area contributed by atoms with Gasteiger partial charge in [-0.1, -0.05) is 0 Å². The zero-order valence-electron chi connectivity index (χ0n) is 17.4. The molecule has 10 N–H and O–H groups in total. The quantitative estimate of drug-likeness (QED) is 0.107. The third-order valence-corrected chi connectivity index (χ3v) is 4.73. The summed E-state index contributed by atoms with van der Waals surface area (Å²) in [5.41, 5.74) is 10.7. The molecule has 4 amide bonds. The number of rotatable bonds is 16. The summed E-state index contributed by atoms with van der Waals surface area (Å²) >= 11 is 1.36. The lowest BCUT2D eigenvalue weighted by Crippen LogP contribution is -2.58. The number of carbonyl (C=O) groups is 6. The van der Waals surface area contributed by atoms with Gasteiger partial charge in [-0.25, -0.2) is 4.79 Å². The van der Waals surface area contributed by atoms with Gasteiger partial charge in [-0.2, -0.15) is 11.8 Å². The number of primary amides is 1. The van der Waals surface area contributed by atoms with Crippen molar-refractivity contribution in [1.82, 2.24) is 16.0 Å². The SMILES string of the molecule is CSCCC(NC(=O)C(N)CCC(=O)O)C(=O)NC(CC(N)=O)C(=O)NC(CO)C(=O)O. The minimum absolute atomic E-state index is 0.115. The van der Waals surface area contributed by atoms with Crippen LogP contribution in [0.15, 0.2) is 0 Å². The van der Waals surface area contributed by atoms with Crippen LogP contribution in [0, 0.1) is 0 Å². The van der Waals surface area contributed by atoms with Crippen molar-refractivity contribution in [3.63, 3.8) is 0 Å². The molecule has 0 spiro atoms. The topological polar surface area (TPSA) is 251 Å². The van der Waals surface area contributed by atoms with Crippen molar-refractivity contribution in [3.05, 3.63) is 0 Å². The average molecular weight is 480 g/mol. The molecule has 0 aliphatic rings. The number of nitrogens with two attached hydrogens (primary N) is 2. The maximum Gasteiger partial charge on any atom is 0.328 e. The van der Waals surface area contributed by atoms with Crippen molar-refractivity contribution in [2.45, 2.75) is 49.9 Å². The Morgan fingerprint density at radius 2 is 1.41 bits per heavy atom. The predicted molar refractivity (Wildman–Crippen MR) is 112 cm³/mol. The van der Waals surface area contributed by atoms with Crippen molar-refractivity contribution < 1.29 is 44.1 Å². The number of hydrogen-bond acceptors (Lipinski definition) is 9. The van der Waals surface area contributed by atoms with Gasteiger partial charge in [0.2, 0.25) is 23.6 Å². The van der Waals surface area contributed by atoms with E-state index in [2.05, 4.69) is 10.6 Å². The number of amides is 4. The maximum absolute atomic E-state index is 12.7. The Morgan fingerprint density at radius 1 is 0.875 bits per heavy atom. The molecule has 182 valence electrons. The van der Waals surface area contributed by atoms with Crippen LogP contribution in [-0.4, -0.2) is 93.7 Å². The Bertz CT molecular complexity index is 706. The van der Waals surface area contributed by atoms with Crippen LogP contribution in [0.5, 0.6) is 0 Å². The first-order valence-corrected chi connectivity index (χ1v) is 10.8. The molecule has 0 saturated carbocycles. The molecular formula is C17H29N5O9S. The lowest BCUT2D eigenvalue weighted by molar-refractivity contribution is -0.143. The van der Waals surface area contributed by atoms with Crippen LogP contribution in [0.25, 0.3) is 0 Å². The van der Waals surface area contributed by atoms with Crippen LogP contribution in [0.2, 0.25) is 0 Å². The first-order chi connectivity index (χ1) is 14.9.